The van der Waals surface area contributed by atoms with Gasteiger partial charge < -0.3 is 5.32 Å². The maximum Gasteiger partial charge on any atom is 0.0414 e. The summed E-state index contributed by atoms with van der Waals surface area (Å²) in [5.41, 5.74) is 4.86. The van der Waals surface area contributed by atoms with E-state index in [9.17, 15) is 0 Å². The quantitative estimate of drug-likeness (QED) is 0.741. The minimum atomic E-state index is 0.189. The van der Waals surface area contributed by atoms with Gasteiger partial charge in [0.25, 0.3) is 0 Å². The molecule has 0 spiro atoms. The number of hydrogen-bond acceptors (Lipinski definition) is 1. The van der Waals surface area contributed by atoms with Gasteiger partial charge in [-0.3, -0.25) is 0 Å². The molecule has 0 aliphatic carbocycles. The minimum absolute atomic E-state index is 0.189. The zero-order valence-electron chi connectivity index (χ0n) is 11.9. The predicted molar refractivity (Wildman–Crippen MR) is 84.6 cm³/mol. The summed E-state index contributed by atoms with van der Waals surface area (Å²) < 4.78 is 0. The van der Waals surface area contributed by atoms with Crippen LogP contribution in [0.5, 0.6) is 0 Å². The fraction of sp³-hybridized carbons (Fsp3) is 0.294. The Morgan fingerprint density at radius 1 is 0.947 bits per heavy atom. The summed E-state index contributed by atoms with van der Waals surface area (Å²) in [6.07, 6.45) is 0. The predicted octanol–water partition coefficient (Wildman–Crippen LogP) is 5.69. The Bertz CT molecular complexity index is 565. The number of benzene rings is 2. The summed E-state index contributed by atoms with van der Waals surface area (Å²) in [6.45, 7) is 8.72. The molecule has 0 unspecified atom stereocenters. The maximum absolute atomic E-state index is 5.96. The van der Waals surface area contributed by atoms with E-state index in [0.29, 0.717) is 0 Å². The first kappa shape index (κ1) is 14.0. The summed E-state index contributed by atoms with van der Waals surface area (Å²) >= 11 is 5.96. The van der Waals surface area contributed by atoms with Crippen molar-refractivity contribution in [3.05, 3.63) is 58.6 Å². The third kappa shape index (κ3) is 3.51. The van der Waals surface area contributed by atoms with Gasteiger partial charge in [-0.15, -0.1) is 0 Å². The first-order valence-corrected chi connectivity index (χ1v) is 6.88. The van der Waals surface area contributed by atoms with Crippen LogP contribution in [-0.4, -0.2) is 0 Å². The molecule has 0 heterocycles. The highest BCUT2D eigenvalue weighted by Gasteiger charge is 2.12. The molecule has 0 aliphatic rings. The van der Waals surface area contributed by atoms with E-state index in [4.69, 9.17) is 11.6 Å². The summed E-state index contributed by atoms with van der Waals surface area (Å²) in [5.74, 6) is 0. The number of halogens is 1. The number of aryl methyl sites for hydroxylation is 1. The van der Waals surface area contributed by atoms with E-state index < -0.39 is 0 Å². The van der Waals surface area contributed by atoms with Crippen LogP contribution in [0.3, 0.4) is 0 Å². The molecule has 0 atom stereocenters. The highest BCUT2D eigenvalue weighted by Crippen LogP contribution is 2.26. The van der Waals surface area contributed by atoms with Crippen molar-refractivity contribution >= 4 is 23.0 Å². The summed E-state index contributed by atoms with van der Waals surface area (Å²) in [5, 5.41) is 4.19. The standard InChI is InChI=1S/C17H20ClN/c1-12-11-14(18)7-10-16(12)19-15-8-5-13(6-9-15)17(2,3)4/h5-11,19H,1-4H3. The Morgan fingerprint density at radius 3 is 2.11 bits per heavy atom. The Morgan fingerprint density at radius 2 is 1.58 bits per heavy atom. The monoisotopic (exact) mass is 273 g/mol. The SMILES string of the molecule is Cc1cc(Cl)ccc1Nc1ccc(C(C)(C)C)cc1. The van der Waals surface area contributed by atoms with Gasteiger partial charge in [-0.05, 0) is 53.8 Å². The van der Waals surface area contributed by atoms with Crippen LogP contribution in [0.2, 0.25) is 5.02 Å². The van der Waals surface area contributed by atoms with Crippen molar-refractivity contribution in [1.29, 1.82) is 0 Å². The molecule has 0 bridgehead atoms. The molecular weight excluding hydrogens is 254 g/mol. The molecule has 2 rings (SSSR count). The van der Waals surface area contributed by atoms with E-state index in [1.807, 2.05) is 18.2 Å². The van der Waals surface area contributed by atoms with E-state index in [2.05, 4.69) is 57.3 Å². The van der Waals surface area contributed by atoms with Crippen LogP contribution < -0.4 is 5.32 Å². The van der Waals surface area contributed by atoms with Gasteiger partial charge in [-0.2, -0.15) is 0 Å². The zero-order chi connectivity index (χ0) is 14.0. The summed E-state index contributed by atoms with van der Waals surface area (Å²) in [4.78, 5) is 0. The third-order valence-corrected chi connectivity index (χ3v) is 3.45. The summed E-state index contributed by atoms with van der Waals surface area (Å²) in [7, 11) is 0. The van der Waals surface area contributed by atoms with E-state index in [0.717, 1.165) is 22.0 Å². The van der Waals surface area contributed by atoms with Crippen LogP contribution in [0.4, 0.5) is 11.4 Å². The number of rotatable bonds is 2. The molecule has 1 N–H and O–H groups in total. The van der Waals surface area contributed by atoms with E-state index in [1.165, 1.54) is 5.56 Å². The molecule has 0 saturated carbocycles. The van der Waals surface area contributed by atoms with Crippen LogP contribution in [0.25, 0.3) is 0 Å². The molecule has 0 amide bonds. The average Bonchev–Trinajstić information content (AvgIpc) is 2.32. The first-order valence-electron chi connectivity index (χ1n) is 6.50. The zero-order valence-corrected chi connectivity index (χ0v) is 12.7. The Balaban J connectivity index is 2.20. The van der Waals surface area contributed by atoms with Gasteiger partial charge in [-0.1, -0.05) is 44.5 Å². The van der Waals surface area contributed by atoms with Gasteiger partial charge in [0.2, 0.25) is 0 Å². The Kier molecular flexibility index (Phi) is 3.86. The van der Waals surface area contributed by atoms with Crippen LogP contribution in [-0.2, 0) is 5.41 Å². The average molecular weight is 274 g/mol. The van der Waals surface area contributed by atoms with Gasteiger partial charge in [0, 0.05) is 16.4 Å². The van der Waals surface area contributed by atoms with Crippen LogP contribution in [0.1, 0.15) is 31.9 Å². The minimum Gasteiger partial charge on any atom is -0.355 e. The van der Waals surface area contributed by atoms with Crippen molar-refractivity contribution in [1.82, 2.24) is 0 Å². The van der Waals surface area contributed by atoms with Crippen molar-refractivity contribution in [2.75, 3.05) is 5.32 Å². The van der Waals surface area contributed by atoms with Gasteiger partial charge >= 0.3 is 0 Å². The molecule has 0 aliphatic heterocycles. The van der Waals surface area contributed by atoms with Crippen molar-refractivity contribution in [2.24, 2.45) is 0 Å². The lowest BCUT2D eigenvalue weighted by Gasteiger charge is -2.19. The molecule has 0 aromatic heterocycles. The lowest BCUT2D eigenvalue weighted by molar-refractivity contribution is 0.590. The van der Waals surface area contributed by atoms with Crippen molar-refractivity contribution in [2.45, 2.75) is 33.1 Å². The Labute approximate surface area is 120 Å². The molecule has 0 radical (unpaired) electrons. The van der Waals surface area contributed by atoms with Gasteiger partial charge in [-0.25, -0.2) is 0 Å². The third-order valence-electron chi connectivity index (χ3n) is 3.22. The number of anilines is 2. The van der Waals surface area contributed by atoms with Crippen LogP contribution in [0.15, 0.2) is 42.5 Å². The van der Waals surface area contributed by atoms with E-state index in [1.54, 1.807) is 0 Å². The summed E-state index contributed by atoms with van der Waals surface area (Å²) in [6, 6.07) is 14.5. The fourth-order valence-electron chi connectivity index (χ4n) is 1.98. The largest absolute Gasteiger partial charge is 0.355 e. The molecule has 100 valence electrons. The molecule has 2 aromatic rings. The fourth-order valence-corrected chi connectivity index (χ4v) is 2.20. The smallest absolute Gasteiger partial charge is 0.0414 e. The maximum atomic E-state index is 5.96. The first-order chi connectivity index (χ1) is 8.86. The second kappa shape index (κ2) is 5.26. The molecule has 0 fully saturated rings. The van der Waals surface area contributed by atoms with Gasteiger partial charge in [0.15, 0.2) is 0 Å². The lowest BCUT2D eigenvalue weighted by atomic mass is 9.87. The van der Waals surface area contributed by atoms with Crippen LogP contribution >= 0.6 is 11.6 Å². The van der Waals surface area contributed by atoms with Crippen molar-refractivity contribution in [3.8, 4) is 0 Å². The second-order valence-electron chi connectivity index (χ2n) is 5.91. The number of hydrogen-bond donors (Lipinski definition) is 1. The molecule has 2 aromatic carbocycles. The van der Waals surface area contributed by atoms with Crippen LogP contribution in [0, 0.1) is 6.92 Å². The van der Waals surface area contributed by atoms with Gasteiger partial charge in [0.05, 0.1) is 0 Å². The van der Waals surface area contributed by atoms with E-state index >= 15 is 0 Å². The molecule has 0 saturated heterocycles. The molecule has 2 heteroatoms. The second-order valence-corrected chi connectivity index (χ2v) is 6.35. The molecule has 19 heavy (non-hydrogen) atoms. The van der Waals surface area contributed by atoms with Crippen molar-refractivity contribution < 1.29 is 0 Å². The topological polar surface area (TPSA) is 12.0 Å². The molecule has 1 nitrogen and oxygen atoms in total. The van der Waals surface area contributed by atoms with Crippen molar-refractivity contribution in [3.63, 3.8) is 0 Å². The normalized spacial score (nSPS) is 11.4. The van der Waals surface area contributed by atoms with E-state index in [-0.39, 0.29) is 5.41 Å². The Hall–Kier alpha value is -1.47. The number of nitrogens with one attached hydrogen (secondary N) is 1. The highest BCUT2D eigenvalue weighted by atomic mass is 35.5. The molecular formula is C17H20ClN. The lowest BCUT2D eigenvalue weighted by Crippen LogP contribution is -2.10. The highest BCUT2D eigenvalue weighted by molar-refractivity contribution is 6.30. The van der Waals surface area contributed by atoms with Gasteiger partial charge in [0.1, 0.15) is 0 Å².